The van der Waals surface area contributed by atoms with Crippen molar-refractivity contribution in [2.24, 2.45) is 0 Å². The number of ether oxygens (including phenoxy) is 1. The molecule has 0 fully saturated rings. The summed E-state index contributed by atoms with van der Waals surface area (Å²) in [7, 11) is 1.29. The monoisotopic (exact) mass is 335 g/mol. The van der Waals surface area contributed by atoms with E-state index < -0.39 is 5.97 Å². The number of benzene rings is 1. The highest BCUT2D eigenvalue weighted by molar-refractivity contribution is 7.99. The van der Waals surface area contributed by atoms with E-state index in [1.165, 1.54) is 7.11 Å². The van der Waals surface area contributed by atoms with Crippen LogP contribution in [0.1, 0.15) is 36.0 Å². The molecule has 0 bridgehead atoms. The number of carbonyl (C=O) groups excluding carboxylic acids is 2. The van der Waals surface area contributed by atoms with Gasteiger partial charge in [-0.3, -0.25) is 4.79 Å². The lowest BCUT2D eigenvalue weighted by molar-refractivity contribution is -0.113. The van der Waals surface area contributed by atoms with Crippen LogP contribution in [-0.2, 0) is 9.53 Å². The van der Waals surface area contributed by atoms with Gasteiger partial charge in [-0.25, -0.2) is 4.79 Å². The summed E-state index contributed by atoms with van der Waals surface area (Å²) in [4.78, 5) is 23.7. The molecule has 1 aromatic heterocycles. The van der Waals surface area contributed by atoms with Crippen LogP contribution < -0.4 is 5.32 Å². The SMILES string of the molecule is COC(=O)c1ccccc1NC(=O)CSc1nnc(C(C)C)o1. The normalized spacial score (nSPS) is 10.6. The van der Waals surface area contributed by atoms with Crippen LogP contribution in [0.15, 0.2) is 33.9 Å². The Morgan fingerprint density at radius 3 is 2.70 bits per heavy atom. The highest BCUT2D eigenvalue weighted by Gasteiger charge is 2.15. The summed E-state index contributed by atoms with van der Waals surface area (Å²) >= 11 is 1.14. The number of hydrogen-bond acceptors (Lipinski definition) is 7. The molecule has 0 saturated heterocycles. The van der Waals surface area contributed by atoms with E-state index in [1.807, 2.05) is 13.8 Å². The third-order valence-electron chi connectivity index (χ3n) is 2.85. The van der Waals surface area contributed by atoms with Gasteiger partial charge < -0.3 is 14.5 Å². The first kappa shape index (κ1) is 17.0. The number of carbonyl (C=O) groups is 2. The van der Waals surface area contributed by atoms with Gasteiger partial charge in [0.2, 0.25) is 11.8 Å². The molecule has 0 atom stereocenters. The molecule has 2 aromatic rings. The zero-order valence-electron chi connectivity index (χ0n) is 13.0. The number of amides is 1. The van der Waals surface area contributed by atoms with Gasteiger partial charge in [0.05, 0.1) is 24.1 Å². The van der Waals surface area contributed by atoms with Crippen molar-refractivity contribution in [2.45, 2.75) is 25.0 Å². The second kappa shape index (κ2) is 7.77. The molecular weight excluding hydrogens is 318 g/mol. The summed E-state index contributed by atoms with van der Waals surface area (Å²) in [5, 5.41) is 10.8. The maximum absolute atomic E-state index is 12.0. The minimum Gasteiger partial charge on any atom is -0.465 e. The van der Waals surface area contributed by atoms with Crippen molar-refractivity contribution in [3.05, 3.63) is 35.7 Å². The summed E-state index contributed by atoms with van der Waals surface area (Å²) < 4.78 is 10.1. The van der Waals surface area contributed by atoms with Crippen LogP contribution in [0.2, 0.25) is 0 Å². The van der Waals surface area contributed by atoms with E-state index in [2.05, 4.69) is 20.3 Å². The molecule has 1 amide bonds. The van der Waals surface area contributed by atoms with E-state index in [9.17, 15) is 9.59 Å². The summed E-state index contributed by atoms with van der Waals surface area (Å²) in [6.07, 6.45) is 0. The zero-order chi connectivity index (χ0) is 16.8. The number of nitrogens with zero attached hydrogens (tertiary/aromatic N) is 2. The smallest absolute Gasteiger partial charge is 0.339 e. The van der Waals surface area contributed by atoms with E-state index in [-0.39, 0.29) is 17.6 Å². The third kappa shape index (κ3) is 4.56. The molecule has 0 aliphatic carbocycles. The first-order valence-corrected chi connectivity index (χ1v) is 7.93. The minimum atomic E-state index is -0.507. The Morgan fingerprint density at radius 2 is 2.04 bits per heavy atom. The third-order valence-corrected chi connectivity index (χ3v) is 3.67. The van der Waals surface area contributed by atoms with Gasteiger partial charge in [-0.05, 0) is 12.1 Å². The molecule has 23 heavy (non-hydrogen) atoms. The number of esters is 1. The summed E-state index contributed by atoms with van der Waals surface area (Å²) in [5.41, 5.74) is 0.701. The molecule has 0 unspecified atom stereocenters. The van der Waals surface area contributed by atoms with Gasteiger partial charge in [-0.15, -0.1) is 10.2 Å². The maximum atomic E-state index is 12.0. The zero-order valence-corrected chi connectivity index (χ0v) is 13.8. The van der Waals surface area contributed by atoms with Gasteiger partial charge in [0.1, 0.15) is 0 Å². The van der Waals surface area contributed by atoms with Crippen molar-refractivity contribution in [1.29, 1.82) is 0 Å². The number of thioether (sulfide) groups is 1. The average molecular weight is 335 g/mol. The van der Waals surface area contributed by atoms with Crippen LogP contribution in [0.25, 0.3) is 0 Å². The fraction of sp³-hybridized carbons (Fsp3) is 0.333. The molecule has 7 nitrogen and oxygen atoms in total. The minimum absolute atomic E-state index is 0.0925. The second-order valence-electron chi connectivity index (χ2n) is 4.93. The number of rotatable bonds is 6. The van der Waals surface area contributed by atoms with Crippen molar-refractivity contribution >= 4 is 29.3 Å². The standard InChI is InChI=1S/C15H17N3O4S/c1-9(2)13-17-18-15(22-13)23-8-12(19)16-11-7-5-4-6-10(11)14(20)21-3/h4-7,9H,8H2,1-3H3,(H,16,19). The largest absolute Gasteiger partial charge is 0.465 e. The van der Waals surface area contributed by atoms with Gasteiger partial charge in [0.15, 0.2) is 0 Å². The molecule has 0 radical (unpaired) electrons. The van der Waals surface area contributed by atoms with Crippen molar-refractivity contribution in [1.82, 2.24) is 10.2 Å². The predicted molar refractivity (Wildman–Crippen MR) is 85.5 cm³/mol. The van der Waals surface area contributed by atoms with Gasteiger partial charge in [0, 0.05) is 5.92 Å². The summed E-state index contributed by atoms with van der Waals surface area (Å²) in [6.45, 7) is 3.89. The molecule has 0 saturated carbocycles. The Labute approximate surface area is 137 Å². The number of anilines is 1. The van der Waals surface area contributed by atoms with Gasteiger partial charge >= 0.3 is 5.97 Å². The quantitative estimate of drug-likeness (QED) is 0.640. The molecule has 1 N–H and O–H groups in total. The number of nitrogens with one attached hydrogen (secondary N) is 1. The predicted octanol–water partition coefficient (Wildman–Crippen LogP) is 2.71. The van der Waals surface area contributed by atoms with Crippen molar-refractivity contribution in [3.63, 3.8) is 0 Å². The van der Waals surface area contributed by atoms with Crippen molar-refractivity contribution in [3.8, 4) is 0 Å². The summed E-state index contributed by atoms with van der Waals surface area (Å²) in [6, 6.07) is 6.64. The Balaban J connectivity index is 1.96. The molecule has 122 valence electrons. The first-order chi connectivity index (χ1) is 11.0. The number of aromatic nitrogens is 2. The van der Waals surface area contributed by atoms with Gasteiger partial charge in [-0.1, -0.05) is 37.7 Å². The summed E-state index contributed by atoms with van der Waals surface area (Å²) in [5.74, 6) is -0.0286. The number of methoxy groups -OCH3 is 1. The second-order valence-corrected chi connectivity index (χ2v) is 5.86. The molecule has 8 heteroatoms. The fourth-order valence-electron chi connectivity index (χ4n) is 1.71. The van der Waals surface area contributed by atoms with Crippen molar-refractivity contribution in [2.75, 3.05) is 18.2 Å². The lowest BCUT2D eigenvalue weighted by Crippen LogP contribution is -2.17. The van der Waals surface area contributed by atoms with E-state index in [1.54, 1.807) is 24.3 Å². The average Bonchev–Trinajstić information content (AvgIpc) is 3.02. The first-order valence-electron chi connectivity index (χ1n) is 6.94. The molecular formula is C15H17N3O4S. The molecule has 0 aliphatic heterocycles. The molecule has 1 aromatic carbocycles. The van der Waals surface area contributed by atoms with E-state index in [0.29, 0.717) is 22.4 Å². The maximum Gasteiger partial charge on any atom is 0.339 e. The highest BCUT2D eigenvalue weighted by Crippen LogP contribution is 2.21. The topological polar surface area (TPSA) is 94.3 Å². The Hall–Kier alpha value is -2.35. The lowest BCUT2D eigenvalue weighted by atomic mass is 10.2. The van der Waals surface area contributed by atoms with Crippen LogP contribution in [0.4, 0.5) is 5.69 Å². The molecule has 2 rings (SSSR count). The van der Waals surface area contributed by atoms with Crippen LogP contribution in [0.3, 0.4) is 0 Å². The molecule has 1 heterocycles. The van der Waals surface area contributed by atoms with Crippen LogP contribution in [0.5, 0.6) is 0 Å². The van der Waals surface area contributed by atoms with Crippen LogP contribution >= 0.6 is 11.8 Å². The Bertz CT molecular complexity index is 700. The van der Waals surface area contributed by atoms with Crippen LogP contribution in [-0.4, -0.2) is 34.9 Å². The Morgan fingerprint density at radius 1 is 1.30 bits per heavy atom. The van der Waals surface area contributed by atoms with Gasteiger partial charge in [0.25, 0.3) is 5.22 Å². The molecule has 0 spiro atoms. The fourth-order valence-corrected chi connectivity index (χ4v) is 2.28. The van der Waals surface area contributed by atoms with E-state index in [4.69, 9.17) is 4.42 Å². The lowest BCUT2D eigenvalue weighted by Gasteiger charge is -2.08. The van der Waals surface area contributed by atoms with Crippen molar-refractivity contribution < 1.29 is 18.7 Å². The Kier molecular flexibility index (Phi) is 5.75. The van der Waals surface area contributed by atoms with E-state index in [0.717, 1.165) is 11.8 Å². The number of para-hydroxylation sites is 1. The molecule has 0 aliphatic rings. The van der Waals surface area contributed by atoms with E-state index >= 15 is 0 Å². The van der Waals surface area contributed by atoms with Gasteiger partial charge in [-0.2, -0.15) is 0 Å². The highest BCUT2D eigenvalue weighted by atomic mass is 32.2. The van der Waals surface area contributed by atoms with Crippen LogP contribution in [0, 0.1) is 0 Å². The number of hydrogen-bond donors (Lipinski definition) is 1.